The standard InChI is InChI=1S/C19H17O3/c1-3-12(2)22-19(21)16-9-15-8-13-6-4-5-7-14(13)10-17(15)18(20)11-16/h4-12H,3H2,1-2H3. The van der Waals surface area contributed by atoms with Crippen molar-refractivity contribution in [1.82, 2.24) is 0 Å². The zero-order valence-electron chi connectivity index (χ0n) is 12.6. The fourth-order valence-corrected chi connectivity index (χ4v) is 2.47. The first-order valence-corrected chi connectivity index (χ1v) is 7.43. The van der Waals surface area contributed by atoms with Gasteiger partial charge < -0.3 is 4.74 Å². The van der Waals surface area contributed by atoms with Crippen LogP contribution in [0.3, 0.4) is 0 Å². The van der Waals surface area contributed by atoms with Crippen LogP contribution in [0.4, 0.5) is 0 Å². The summed E-state index contributed by atoms with van der Waals surface area (Å²) in [5.74, 6) is -0.596. The highest BCUT2D eigenvalue weighted by molar-refractivity contribution is 6.04. The first kappa shape index (κ1) is 14.4. The molecule has 0 spiro atoms. The smallest absolute Gasteiger partial charge is 0.338 e. The lowest BCUT2D eigenvalue weighted by molar-refractivity contribution is 0.0334. The molecule has 0 aliphatic rings. The van der Waals surface area contributed by atoms with Gasteiger partial charge in [-0.2, -0.15) is 0 Å². The van der Waals surface area contributed by atoms with Gasteiger partial charge in [-0.3, -0.25) is 5.11 Å². The largest absolute Gasteiger partial charge is 0.459 e. The Kier molecular flexibility index (Phi) is 3.72. The number of esters is 1. The number of carbonyl (C=O) groups is 1. The Morgan fingerprint density at radius 2 is 1.73 bits per heavy atom. The second-order valence-corrected chi connectivity index (χ2v) is 5.52. The van der Waals surface area contributed by atoms with Gasteiger partial charge in [-0.05, 0) is 47.7 Å². The van der Waals surface area contributed by atoms with Crippen LogP contribution in [0.2, 0.25) is 0 Å². The molecule has 1 radical (unpaired) electrons. The summed E-state index contributed by atoms with van der Waals surface area (Å²) in [6.45, 7) is 3.79. The molecule has 0 N–H and O–H groups in total. The fraction of sp³-hybridized carbons (Fsp3) is 0.211. The minimum atomic E-state index is -0.443. The van der Waals surface area contributed by atoms with Crippen molar-refractivity contribution in [3.05, 3.63) is 54.1 Å². The van der Waals surface area contributed by atoms with E-state index in [-0.39, 0.29) is 11.9 Å². The van der Waals surface area contributed by atoms with E-state index in [0.717, 1.165) is 22.6 Å². The maximum atomic E-state index is 12.3. The first-order valence-electron chi connectivity index (χ1n) is 7.43. The Balaban J connectivity index is 2.11. The van der Waals surface area contributed by atoms with Gasteiger partial charge in [0.15, 0.2) is 5.75 Å². The van der Waals surface area contributed by atoms with Crippen molar-refractivity contribution in [3.63, 3.8) is 0 Å². The van der Waals surface area contributed by atoms with E-state index in [0.29, 0.717) is 10.9 Å². The van der Waals surface area contributed by atoms with Crippen LogP contribution in [0.5, 0.6) is 5.75 Å². The van der Waals surface area contributed by atoms with E-state index in [1.807, 2.05) is 50.2 Å². The normalized spacial score (nSPS) is 12.5. The van der Waals surface area contributed by atoms with Gasteiger partial charge in [0.05, 0.1) is 11.7 Å². The molecule has 0 aliphatic heterocycles. The van der Waals surface area contributed by atoms with E-state index in [9.17, 15) is 9.90 Å². The highest BCUT2D eigenvalue weighted by Gasteiger charge is 2.15. The topological polar surface area (TPSA) is 46.2 Å². The summed E-state index contributed by atoms with van der Waals surface area (Å²) in [6, 6.07) is 14.8. The summed E-state index contributed by atoms with van der Waals surface area (Å²) >= 11 is 0. The number of ether oxygens (including phenoxy) is 1. The monoisotopic (exact) mass is 293 g/mol. The van der Waals surface area contributed by atoms with Crippen LogP contribution < -0.4 is 0 Å². The molecule has 111 valence electrons. The van der Waals surface area contributed by atoms with Gasteiger partial charge in [-0.1, -0.05) is 31.2 Å². The van der Waals surface area contributed by atoms with E-state index in [1.165, 1.54) is 6.07 Å². The predicted octanol–water partition coefficient (Wildman–Crippen LogP) is 5.09. The lowest BCUT2D eigenvalue weighted by Crippen LogP contribution is -2.13. The Morgan fingerprint density at radius 1 is 1.05 bits per heavy atom. The molecule has 0 bridgehead atoms. The summed E-state index contributed by atoms with van der Waals surface area (Å²) in [5.41, 5.74) is 0.313. The quantitative estimate of drug-likeness (QED) is 0.498. The van der Waals surface area contributed by atoms with E-state index in [4.69, 9.17) is 4.74 Å². The van der Waals surface area contributed by atoms with Crippen LogP contribution >= 0.6 is 0 Å². The highest BCUT2D eigenvalue weighted by Crippen LogP contribution is 2.31. The van der Waals surface area contributed by atoms with Crippen LogP contribution in [-0.2, 0) is 9.84 Å². The second-order valence-electron chi connectivity index (χ2n) is 5.52. The van der Waals surface area contributed by atoms with E-state index < -0.39 is 5.97 Å². The Bertz CT molecular complexity index is 852. The molecule has 3 nitrogen and oxygen atoms in total. The molecule has 3 heteroatoms. The molecule has 0 saturated heterocycles. The third-order valence-corrected chi connectivity index (χ3v) is 3.90. The number of benzene rings is 3. The summed E-state index contributed by atoms with van der Waals surface area (Å²) in [4.78, 5) is 12.1. The third-order valence-electron chi connectivity index (χ3n) is 3.90. The van der Waals surface area contributed by atoms with E-state index >= 15 is 0 Å². The minimum absolute atomic E-state index is 0.153. The first-order chi connectivity index (χ1) is 10.6. The zero-order valence-corrected chi connectivity index (χ0v) is 12.6. The molecule has 22 heavy (non-hydrogen) atoms. The minimum Gasteiger partial charge on any atom is -0.459 e. The molecule has 0 heterocycles. The number of rotatable bonds is 3. The van der Waals surface area contributed by atoms with Crippen LogP contribution in [0.15, 0.2) is 48.5 Å². The molecule has 3 aromatic carbocycles. The van der Waals surface area contributed by atoms with Gasteiger partial charge in [0.25, 0.3) is 0 Å². The van der Waals surface area contributed by atoms with Crippen LogP contribution in [0, 0.1) is 0 Å². The molecule has 1 atom stereocenters. The van der Waals surface area contributed by atoms with Crippen LogP contribution in [0.1, 0.15) is 30.6 Å². The summed E-state index contributed by atoms with van der Waals surface area (Å²) in [5, 5.41) is 15.7. The average Bonchev–Trinajstić information content (AvgIpc) is 2.53. The van der Waals surface area contributed by atoms with Gasteiger partial charge in [0.1, 0.15) is 0 Å². The highest BCUT2D eigenvalue weighted by atomic mass is 16.5. The van der Waals surface area contributed by atoms with Gasteiger partial charge in [0.2, 0.25) is 0 Å². The molecular weight excluding hydrogens is 276 g/mol. The molecule has 0 amide bonds. The van der Waals surface area contributed by atoms with Crippen molar-refractivity contribution in [2.45, 2.75) is 26.4 Å². The lowest BCUT2D eigenvalue weighted by Gasteiger charge is -2.11. The Labute approximate surface area is 129 Å². The van der Waals surface area contributed by atoms with Crippen molar-refractivity contribution in [2.24, 2.45) is 0 Å². The average molecular weight is 293 g/mol. The zero-order chi connectivity index (χ0) is 15.7. The SMILES string of the molecule is CCC(C)OC(=O)c1cc([O])c2cc3ccccc3cc2c1. The molecule has 0 aliphatic carbocycles. The number of hydrogen-bond acceptors (Lipinski definition) is 2. The Morgan fingerprint density at radius 3 is 2.41 bits per heavy atom. The molecule has 0 fully saturated rings. The Hall–Kier alpha value is -2.55. The predicted molar refractivity (Wildman–Crippen MR) is 86.8 cm³/mol. The molecule has 3 aromatic rings. The molecule has 0 saturated carbocycles. The summed E-state index contributed by atoms with van der Waals surface area (Å²) in [6.07, 6.45) is 0.587. The molecule has 0 aromatic heterocycles. The van der Waals surface area contributed by atoms with Crippen molar-refractivity contribution < 1.29 is 14.6 Å². The van der Waals surface area contributed by atoms with E-state index in [2.05, 4.69) is 0 Å². The second kappa shape index (κ2) is 5.68. The maximum absolute atomic E-state index is 12.3. The van der Waals surface area contributed by atoms with Gasteiger partial charge in [0, 0.05) is 11.5 Å². The van der Waals surface area contributed by atoms with E-state index in [1.54, 1.807) is 6.07 Å². The van der Waals surface area contributed by atoms with Crippen molar-refractivity contribution >= 4 is 27.5 Å². The maximum Gasteiger partial charge on any atom is 0.338 e. The number of carbonyl (C=O) groups excluding carboxylic acids is 1. The fourth-order valence-electron chi connectivity index (χ4n) is 2.47. The number of hydrogen-bond donors (Lipinski definition) is 0. The van der Waals surface area contributed by atoms with Crippen LogP contribution in [-0.4, -0.2) is 12.1 Å². The molecular formula is C19H17O3. The summed E-state index contributed by atoms with van der Waals surface area (Å²) in [7, 11) is 0. The summed E-state index contributed by atoms with van der Waals surface area (Å²) < 4.78 is 5.30. The van der Waals surface area contributed by atoms with Gasteiger partial charge >= 0.3 is 5.97 Å². The number of fused-ring (bicyclic) bond motifs is 2. The van der Waals surface area contributed by atoms with Crippen molar-refractivity contribution in [3.8, 4) is 5.75 Å². The van der Waals surface area contributed by atoms with Crippen molar-refractivity contribution in [1.29, 1.82) is 0 Å². The van der Waals surface area contributed by atoms with Gasteiger partial charge in [-0.15, -0.1) is 0 Å². The third kappa shape index (κ3) is 2.62. The van der Waals surface area contributed by atoms with Crippen LogP contribution in [0.25, 0.3) is 21.5 Å². The van der Waals surface area contributed by atoms with Crippen molar-refractivity contribution in [2.75, 3.05) is 0 Å². The lowest BCUT2D eigenvalue weighted by atomic mass is 10.0. The molecule has 1 unspecified atom stereocenters. The van der Waals surface area contributed by atoms with Gasteiger partial charge in [-0.25, -0.2) is 4.79 Å². The molecule has 3 rings (SSSR count).